The van der Waals surface area contributed by atoms with E-state index >= 15 is 0 Å². The molecule has 2 aliphatic rings. The second kappa shape index (κ2) is 6.53. The van der Waals surface area contributed by atoms with Crippen molar-refractivity contribution in [2.45, 2.75) is 17.4 Å². The van der Waals surface area contributed by atoms with E-state index in [1.54, 1.807) is 54.6 Å². The quantitative estimate of drug-likeness (QED) is 0.620. The van der Waals surface area contributed by atoms with Crippen molar-refractivity contribution in [2.24, 2.45) is 0 Å². The first-order chi connectivity index (χ1) is 12.9. The number of ether oxygens (including phenoxy) is 1. The molecule has 2 heterocycles. The lowest BCUT2D eigenvalue weighted by Crippen LogP contribution is -2.34. The van der Waals surface area contributed by atoms with Crippen molar-refractivity contribution >= 4 is 33.3 Å². The van der Waals surface area contributed by atoms with Gasteiger partial charge in [0.2, 0.25) is 0 Å². The highest BCUT2D eigenvalue weighted by Crippen LogP contribution is 2.56. The molecular weight excluding hydrogens is 407 g/mol. The van der Waals surface area contributed by atoms with Crippen LogP contribution in [0.25, 0.3) is 0 Å². The summed E-state index contributed by atoms with van der Waals surface area (Å²) in [5.41, 5.74) is 1.53. The van der Waals surface area contributed by atoms with Gasteiger partial charge in [0.05, 0.1) is 0 Å². The molecule has 0 N–H and O–H groups in total. The Hall–Kier alpha value is -2.05. The third-order valence-corrected chi connectivity index (χ3v) is 6.23. The maximum absolute atomic E-state index is 12.8. The van der Waals surface area contributed by atoms with Crippen molar-refractivity contribution < 1.29 is 17.3 Å². The van der Waals surface area contributed by atoms with Crippen molar-refractivity contribution in [3.05, 3.63) is 93.7 Å². The smallest absolute Gasteiger partial charge is 0.298 e. The van der Waals surface area contributed by atoms with E-state index in [9.17, 15) is 8.42 Å². The lowest BCUT2D eigenvalue weighted by Gasteiger charge is -2.36. The number of allylic oxidation sites excluding steroid dienone is 2. The lowest BCUT2D eigenvalue weighted by atomic mass is 9.77. The zero-order valence-electron chi connectivity index (χ0n) is 14.1. The van der Waals surface area contributed by atoms with Gasteiger partial charge in [-0.1, -0.05) is 59.6 Å². The molecule has 27 heavy (non-hydrogen) atoms. The van der Waals surface area contributed by atoms with Gasteiger partial charge < -0.3 is 4.74 Å². The van der Waals surface area contributed by atoms with Crippen LogP contribution >= 0.6 is 23.2 Å². The fourth-order valence-corrected chi connectivity index (χ4v) is 5.21. The molecule has 0 fully saturated rings. The second-order valence-electron chi connectivity index (χ2n) is 6.03. The van der Waals surface area contributed by atoms with Crippen molar-refractivity contribution in [1.82, 2.24) is 0 Å². The van der Waals surface area contributed by atoms with Crippen LogP contribution in [0, 0.1) is 0 Å². The first kappa shape index (κ1) is 18.3. The predicted molar refractivity (Wildman–Crippen MR) is 104 cm³/mol. The molecule has 138 valence electrons. The summed E-state index contributed by atoms with van der Waals surface area (Å²) in [5.74, 6) is 0.789. The van der Waals surface area contributed by atoms with Crippen LogP contribution in [0.4, 0.5) is 0 Å². The van der Waals surface area contributed by atoms with Crippen molar-refractivity contribution in [2.75, 3.05) is 0 Å². The van der Waals surface area contributed by atoms with Gasteiger partial charge in [-0.25, -0.2) is 4.18 Å². The van der Waals surface area contributed by atoms with Crippen molar-refractivity contribution in [3.63, 3.8) is 0 Å². The fourth-order valence-electron chi connectivity index (χ4n) is 3.52. The van der Waals surface area contributed by atoms with Crippen molar-refractivity contribution in [3.8, 4) is 5.75 Å². The molecule has 0 radical (unpaired) electrons. The molecule has 1 atom stereocenters. The van der Waals surface area contributed by atoms with E-state index in [0.717, 1.165) is 0 Å². The largest absolute Gasteiger partial charge is 0.456 e. The summed E-state index contributed by atoms with van der Waals surface area (Å²) < 4.78 is 37.5. The Morgan fingerprint density at radius 3 is 2.59 bits per heavy atom. The molecule has 2 aliphatic heterocycles. The summed E-state index contributed by atoms with van der Waals surface area (Å²) in [4.78, 5) is 0.129. The van der Waals surface area contributed by atoms with Crippen LogP contribution in [-0.4, -0.2) is 8.42 Å². The fraction of sp³-hybridized carbons (Fsp3) is 0.100. The molecule has 1 unspecified atom stereocenters. The Morgan fingerprint density at radius 1 is 1.07 bits per heavy atom. The van der Waals surface area contributed by atoms with E-state index in [-0.39, 0.29) is 4.90 Å². The van der Waals surface area contributed by atoms with Gasteiger partial charge in [0, 0.05) is 27.3 Å². The normalized spacial score (nSPS) is 23.1. The van der Waals surface area contributed by atoms with Crippen LogP contribution in [0.15, 0.2) is 82.5 Å². The van der Waals surface area contributed by atoms with Crippen LogP contribution in [-0.2, 0) is 19.9 Å². The van der Waals surface area contributed by atoms with E-state index in [0.29, 0.717) is 33.2 Å². The van der Waals surface area contributed by atoms with Gasteiger partial charge in [0.15, 0.2) is 5.60 Å². The summed E-state index contributed by atoms with van der Waals surface area (Å²) in [6, 6.07) is 11.8. The maximum atomic E-state index is 12.8. The Morgan fingerprint density at radius 2 is 1.85 bits per heavy atom. The van der Waals surface area contributed by atoms with Gasteiger partial charge in [0.25, 0.3) is 10.1 Å². The zero-order chi connectivity index (χ0) is 19.2. The second-order valence-corrected chi connectivity index (χ2v) is 8.23. The molecule has 0 aliphatic carbocycles. The summed E-state index contributed by atoms with van der Waals surface area (Å²) in [6.45, 7) is 1.83. The first-order valence-corrected chi connectivity index (χ1v) is 10.3. The van der Waals surface area contributed by atoms with Crippen molar-refractivity contribution in [1.29, 1.82) is 0 Å². The molecule has 2 aromatic carbocycles. The lowest BCUT2D eigenvalue weighted by molar-refractivity contribution is 0.160. The highest BCUT2D eigenvalue weighted by atomic mass is 35.5. The summed E-state index contributed by atoms with van der Waals surface area (Å²) in [5, 5.41) is 0.460. The van der Waals surface area contributed by atoms with Crippen LogP contribution in [0.3, 0.4) is 0 Å². The molecule has 4 rings (SSSR count). The van der Waals surface area contributed by atoms with Gasteiger partial charge in [0.1, 0.15) is 16.4 Å². The number of fused-ring (bicyclic) bond motifs is 4. The van der Waals surface area contributed by atoms with E-state index in [4.69, 9.17) is 32.1 Å². The third kappa shape index (κ3) is 2.65. The van der Waals surface area contributed by atoms with Crippen LogP contribution in [0.2, 0.25) is 5.02 Å². The average molecular weight is 421 g/mol. The molecule has 0 saturated heterocycles. The van der Waals surface area contributed by atoms with Crippen LogP contribution in [0.1, 0.15) is 18.1 Å². The van der Waals surface area contributed by atoms with Gasteiger partial charge in [-0.05, 0) is 31.2 Å². The Balaban J connectivity index is 2.17. The molecular formula is C20H14Cl2O4S. The molecule has 7 heteroatoms. The minimum atomic E-state index is -3.97. The average Bonchev–Trinajstić information content (AvgIpc) is 2.87. The van der Waals surface area contributed by atoms with Gasteiger partial charge in [-0.15, -0.1) is 0 Å². The van der Waals surface area contributed by atoms with Gasteiger partial charge in [-0.2, -0.15) is 8.42 Å². The minimum absolute atomic E-state index is 0.129. The number of hydrogen-bond donors (Lipinski definition) is 0. The number of halogens is 2. The Kier molecular flexibility index (Phi) is 4.43. The molecule has 2 aromatic rings. The van der Waals surface area contributed by atoms with E-state index in [2.05, 4.69) is 0 Å². The van der Waals surface area contributed by atoms with Gasteiger partial charge in [-0.3, -0.25) is 0 Å². The van der Waals surface area contributed by atoms with E-state index in [1.807, 2.05) is 6.92 Å². The SMILES string of the molecule is C/C=C\C1=C(/C=C/Cl)Oc2cc(Cl)ccc2C12OS(=O)(=O)c1ccccc12. The predicted octanol–water partition coefficient (Wildman–Crippen LogP) is 5.28. The Labute approximate surface area is 167 Å². The standard InChI is InChI=1S/C20H14Cl2O4S/c1-2-5-14-17(10-11-21)25-18-12-13(22)8-9-15(18)20(14)16-6-3-4-7-19(16)27(23,24)26-20/h2-12H,1H3/b5-2-,11-10+. The maximum Gasteiger partial charge on any atom is 0.298 e. The minimum Gasteiger partial charge on any atom is -0.456 e. The first-order valence-electron chi connectivity index (χ1n) is 8.11. The number of hydrogen-bond acceptors (Lipinski definition) is 4. The monoisotopic (exact) mass is 420 g/mol. The highest BCUT2D eigenvalue weighted by Gasteiger charge is 2.55. The van der Waals surface area contributed by atoms with Crippen LogP contribution < -0.4 is 4.74 Å². The highest BCUT2D eigenvalue weighted by molar-refractivity contribution is 7.87. The Bertz CT molecular complexity index is 1130. The number of rotatable bonds is 2. The molecule has 0 bridgehead atoms. The summed E-state index contributed by atoms with van der Waals surface area (Å²) in [7, 11) is -3.97. The molecule has 4 nitrogen and oxygen atoms in total. The van der Waals surface area contributed by atoms with Gasteiger partial charge >= 0.3 is 0 Å². The van der Waals surface area contributed by atoms with E-state index < -0.39 is 15.7 Å². The molecule has 0 aromatic heterocycles. The summed E-state index contributed by atoms with van der Waals surface area (Å²) in [6.07, 6.45) is 5.11. The zero-order valence-corrected chi connectivity index (χ0v) is 16.5. The molecule has 0 amide bonds. The van der Waals surface area contributed by atoms with E-state index in [1.165, 1.54) is 11.6 Å². The topological polar surface area (TPSA) is 52.6 Å². The summed E-state index contributed by atoms with van der Waals surface area (Å²) >= 11 is 11.9. The molecule has 0 saturated carbocycles. The number of benzene rings is 2. The molecule has 1 spiro atoms. The third-order valence-electron chi connectivity index (χ3n) is 4.51. The van der Waals surface area contributed by atoms with Crippen LogP contribution in [0.5, 0.6) is 5.75 Å².